The quantitative estimate of drug-likeness (QED) is 0.830. The van der Waals surface area contributed by atoms with Gasteiger partial charge in [0, 0.05) is 11.8 Å². The summed E-state index contributed by atoms with van der Waals surface area (Å²) in [6.45, 7) is -0.196. The number of carbonyl (C=O) groups is 1. The Morgan fingerprint density at radius 2 is 1.95 bits per heavy atom. The number of halogens is 1. The maximum absolute atomic E-state index is 13.1. The highest BCUT2D eigenvalue weighted by Gasteiger charge is 2.05. The van der Waals surface area contributed by atoms with Gasteiger partial charge in [0.25, 0.3) is 5.91 Å². The van der Waals surface area contributed by atoms with Crippen LogP contribution in [0.15, 0.2) is 48.5 Å². The Hall–Kier alpha value is -2.56. The fourth-order valence-electron chi connectivity index (χ4n) is 1.47. The van der Waals surface area contributed by atoms with Gasteiger partial charge in [-0.15, -0.1) is 0 Å². The molecule has 0 aliphatic heterocycles. The number of anilines is 2. The summed E-state index contributed by atoms with van der Waals surface area (Å²) in [5.41, 5.74) is 6.06. The first-order valence-electron chi connectivity index (χ1n) is 5.68. The van der Waals surface area contributed by atoms with Crippen LogP contribution < -0.4 is 15.8 Å². The summed E-state index contributed by atoms with van der Waals surface area (Å²) in [6.07, 6.45) is 0. The molecule has 0 aliphatic rings. The van der Waals surface area contributed by atoms with Gasteiger partial charge in [0.1, 0.15) is 11.6 Å². The largest absolute Gasteiger partial charge is 0.484 e. The number of nitrogens with one attached hydrogen (secondary N) is 1. The van der Waals surface area contributed by atoms with Crippen molar-refractivity contribution in [1.82, 2.24) is 0 Å². The molecule has 0 heterocycles. The number of nitrogen functional groups attached to an aromatic ring is 1. The van der Waals surface area contributed by atoms with Crippen molar-refractivity contribution >= 4 is 17.3 Å². The number of carbonyl (C=O) groups excluding carboxylic acids is 1. The normalized spacial score (nSPS) is 9.95. The van der Waals surface area contributed by atoms with Gasteiger partial charge in [0.2, 0.25) is 0 Å². The van der Waals surface area contributed by atoms with E-state index < -0.39 is 5.82 Å². The number of para-hydroxylation sites is 1. The number of benzene rings is 2. The van der Waals surface area contributed by atoms with E-state index >= 15 is 0 Å². The smallest absolute Gasteiger partial charge is 0.262 e. The van der Waals surface area contributed by atoms with Gasteiger partial charge < -0.3 is 15.8 Å². The van der Waals surface area contributed by atoms with E-state index in [1.807, 2.05) is 18.2 Å². The zero-order valence-corrected chi connectivity index (χ0v) is 10.1. The highest BCUT2D eigenvalue weighted by atomic mass is 19.1. The summed E-state index contributed by atoms with van der Waals surface area (Å²) in [5.74, 6) is -0.626. The molecule has 0 spiro atoms. The van der Waals surface area contributed by atoms with Crippen LogP contribution in [0.1, 0.15) is 0 Å². The molecule has 19 heavy (non-hydrogen) atoms. The van der Waals surface area contributed by atoms with E-state index in [9.17, 15) is 9.18 Å². The summed E-state index contributed by atoms with van der Waals surface area (Å²) in [5, 5.41) is 2.66. The van der Waals surface area contributed by atoms with Gasteiger partial charge in [-0.2, -0.15) is 0 Å². The Labute approximate surface area is 110 Å². The second kappa shape index (κ2) is 5.86. The lowest BCUT2D eigenvalue weighted by Crippen LogP contribution is -2.20. The minimum absolute atomic E-state index is 0.0427. The number of hydrogen-bond donors (Lipinski definition) is 2. The zero-order valence-electron chi connectivity index (χ0n) is 10.1. The molecule has 0 fully saturated rings. The number of ether oxygens (including phenoxy) is 1. The van der Waals surface area contributed by atoms with E-state index in [0.29, 0.717) is 5.69 Å². The van der Waals surface area contributed by atoms with Gasteiger partial charge in [-0.05, 0) is 24.3 Å². The minimum Gasteiger partial charge on any atom is -0.484 e. The lowest BCUT2D eigenvalue weighted by atomic mass is 10.3. The maximum atomic E-state index is 13.1. The maximum Gasteiger partial charge on any atom is 0.262 e. The molecule has 5 heteroatoms. The Morgan fingerprint density at radius 3 is 2.63 bits per heavy atom. The highest BCUT2D eigenvalue weighted by molar-refractivity contribution is 5.91. The van der Waals surface area contributed by atoms with Gasteiger partial charge in [-0.3, -0.25) is 4.79 Å². The van der Waals surface area contributed by atoms with Gasteiger partial charge in [0.05, 0.1) is 5.69 Å². The molecule has 0 aliphatic carbocycles. The van der Waals surface area contributed by atoms with Crippen LogP contribution >= 0.6 is 0 Å². The van der Waals surface area contributed by atoms with Crippen molar-refractivity contribution in [2.75, 3.05) is 17.7 Å². The molecule has 0 radical (unpaired) electrons. The molecule has 1 amide bonds. The van der Waals surface area contributed by atoms with E-state index in [4.69, 9.17) is 10.5 Å². The first kappa shape index (κ1) is 12.9. The highest BCUT2D eigenvalue weighted by Crippen LogP contribution is 2.17. The first-order valence-corrected chi connectivity index (χ1v) is 5.68. The molecular weight excluding hydrogens is 247 g/mol. The fourth-order valence-corrected chi connectivity index (χ4v) is 1.47. The second-order valence-electron chi connectivity index (χ2n) is 3.89. The van der Waals surface area contributed by atoms with Crippen molar-refractivity contribution in [3.8, 4) is 5.75 Å². The van der Waals surface area contributed by atoms with Crippen molar-refractivity contribution in [1.29, 1.82) is 0 Å². The molecule has 0 saturated carbocycles. The molecule has 0 aromatic heterocycles. The lowest BCUT2D eigenvalue weighted by Gasteiger charge is -2.08. The Morgan fingerprint density at radius 1 is 1.21 bits per heavy atom. The average molecular weight is 260 g/mol. The molecule has 0 bridgehead atoms. The first-order chi connectivity index (χ1) is 9.15. The zero-order chi connectivity index (χ0) is 13.7. The van der Waals surface area contributed by atoms with Crippen LogP contribution in [-0.4, -0.2) is 12.5 Å². The van der Waals surface area contributed by atoms with E-state index in [2.05, 4.69) is 5.32 Å². The van der Waals surface area contributed by atoms with Crippen LogP contribution in [0.2, 0.25) is 0 Å². The molecule has 0 saturated heterocycles. The third-order valence-electron chi connectivity index (χ3n) is 2.40. The van der Waals surface area contributed by atoms with Crippen molar-refractivity contribution in [2.45, 2.75) is 0 Å². The molecule has 98 valence electrons. The molecule has 2 aromatic carbocycles. The van der Waals surface area contributed by atoms with Crippen LogP contribution in [-0.2, 0) is 4.79 Å². The molecule has 2 aromatic rings. The molecule has 0 unspecified atom stereocenters. The summed E-state index contributed by atoms with van der Waals surface area (Å²) >= 11 is 0. The van der Waals surface area contributed by atoms with E-state index in [0.717, 1.165) is 6.07 Å². The molecule has 0 atom stereocenters. The van der Waals surface area contributed by atoms with Crippen LogP contribution in [0.4, 0.5) is 15.8 Å². The third kappa shape index (κ3) is 3.70. The van der Waals surface area contributed by atoms with Crippen LogP contribution in [0.3, 0.4) is 0 Å². The summed E-state index contributed by atoms with van der Waals surface area (Å²) < 4.78 is 18.3. The molecule has 3 N–H and O–H groups in total. The minimum atomic E-state index is -0.569. The Kier molecular flexibility index (Phi) is 3.97. The van der Waals surface area contributed by atoms with Gasteiger partial charge >= 0.3 is 0 Å². The summed E-state index contributed by atoms with van der Waals surface area (Å²) in [7, 11) is 0. The van der Waals surface area contributed by atoms with E-state index in [1.165, 1.54) is 12.1 Å². The topological polar surface area (TPSA) is 64.3 Å². The van der Waals surface area contributed by atoms with Gasteiger partial charge in [-0.1, -0.05) is 18.2 Å². The van der Waals surface area contributed by atoms with E-state index in [-0.39, 0.29) is 24.0 Å². The number of nitrogens with two attached hydrogens (primary N) is 1. The van der Waals surface area contributed by atoms with Crippen LogP contribution in [0.25, 0.3) is 0 Å². The average Bonchev–Trinajstić information content (AvgIpc) is 2.41. The summed E-state index contributed by atoms with van der Waals surface area (Å²) in [4.78, 5) is 11.6. The predicted molar refractivity (Wildman–Crippen MR) is 71.4 cm³/mol. The van der Waals surface area contributed by atoms with Crippen LogP contribution in [0.5, 0.6) is 5.75 Å². The molecule has 2 rings (SSSR count). The molecular formula is C14H13FN2O2. The van der Waals surface area contributed by atoms with Gasteiger partial charge in [0.15, 0.2) is 6.61 Å². The lowest BCUT2D eigenvalue weighted by molar-refractivity contribution is -0.118. The number of hydrogen-bond acceptors (Lipinski definition) is 3. The summed E-state index contributed by atoms with van der Waals surface area (Å²) in [6, 6.07) is 13.0. The van der Waals surface area contributed by atoms with Gasteiger partial charge in [-0.25, -0.2) is 4.39 Å². The van der Waals surface area contributed by atoms with Crippen molar-refractivity contribution in [3.05, 3.63) is 54.3 Å². The second-order valence-corrected chi connectivity index (χ2v) is 3.89. The fraction of sp³-hybridized carbons (Fsp3) is 0.0714. The Balaban J connectivity index is 1.88. The standard InChI is InChI=1S/C14H13FN2O2/c15-12-8-11(6-7-13(12)16)19-9-14(18)17-10-4-2-1-3-5-10/h1-8H,9,16H2,(H,17,18). The predicted octanol–water partition coefficient (Wildman–Crippen LogP) is 2.43. The third-order valence-corrected chi connectivity index (χ3v) is 2.40. The van der Waals surface area contributed by atoms with Crippen molar-refractivity contribution in [2.24, 2.45) is 0 Å². The monoisotopic (exact) mass is 260 g/mol. The van der Waals surface area contributed by atoms with Crippen molar-refractivity contribution < 1.29 is 13.9 Å². The molecule has 4 nitrogen and oxygen atoms in total. The SMILES string of the molecule is Nc1ccc(OCC(=O)Nc2ccccc2)cc1F. The Bertz CT molecular complexity index is 573. The number of rotatable bonds is 4. The number of amides is 1. The van der Waals surface area contributed by atoms with E-state index in [1.54, 1.807) is 12.1 Å². The van der Waals surface area contributed by atoms with Crippen LogP contribution in [0, 0.1) is 5.82 Å². The van der Waals surface area contributed by atoms with Crippen molar-refractivity contribution in [3.63, 3.8) is 0 Å².